The van der Waals surface area contributed by atoms with Crippen molar-refractivity contribution in [3.63, 3.8) is 0 Å². The van der Waals surface area contributed by atoms with Gasteiger partial charge in [-0.05, 0) is 18.4 Å². The quantitative estimate of drug-likeness (QED) is 0.920. The standard InChI is InChI=1S/C15H18N4O2S/c20-15(17-14-18-16-11-22-14)19(10-13-7-4-8-21-13)9-12-5-2-1-3-6-12/h1-3,5-6,11,13H,4,7-10H2,(H,17,18,20). The molecule has 1 aromatic heterocycles. The van der Waals surface area contributed by atoms with Crippen LogP contribution in [0.15, 0.2) is 35.8 Å². The molecule has 0 spiro atoms. The summed E-state index contributed by atoms with van der Waals surface area (Å²) in [7, 11) is 0. The Morgan fingerprint density at radius 3 is 2.95 bits per heavy atom. The summed E-state index contributed by atoms with van der Waals surface area (Å²) in [5, 5.41) is 10.9. The molecule has 1 aliphatic rings. The molecule has 116 valence electrons. The monoisotopic (exact) mass is 318 g/mol. The Kier molecular flexibility index (Phi) is 4.97. The van der Waals surface area contributed by atoms with Gasteiger partial charge in [-0.3, -0.25) is 5.32 Å². The normalized spacial score (nSPS) is 17.4. The molecule has 1 fully saturated rings. The highest BCUT2D eigenvalue weighted by molar-refractivity contribution is 7.13. The molecule has 1 aliphatic heterocycles. The Hall–Kier alpha value is -1.99. The van der Waals surface area contributed by atoms with Gasteiger partial charge in [-0.1, -0.05) is 41.7 Å². The predicted octanol–water partition coefficient (Wildman–Crippen LogP) is 2.75. The number of aromatic nitrogens is 2. The number of hydrogen-bond donors (Lipinski definition) is 1. The molecule has 1 unspecified atom stereocenters. The lowest BCUT2D eigenvalue weighted by atomic mass is 10.2. The first-order valence-corrected chi connectivity index (χ1v) is 8.17. The van der Waals surface area contributed by atoms with Crippen molar-refractivity contribution >= 4 is 22.5 Å². The number of carbonyl (C=O) groups excluding carboxylic acids is 1. The maximum atomic E-state index is 12.5. The minimum absolute atomic E-state index is 0.115. The van der Waals surface area contributed by atoms with Crippen LogP contribution in [0.1, 0.15) is 18.4 Å². The van der Waals surface area contributed by atoms with Crippen molar-refractivity contribution in [1.82, 2.24) is 15.1 Å². The molecule has 0 bridgehead atoms. The van der Waals surface area contributed by atoms with Crippen LogP contribution in [0.4, 0.5) is 9.93 Å². The molecular weight excluding hydrogens is 300 g/mol. The zero-order valence-corrected chi connectivity index (χ0v) is 13.0. The van der Waals surface area contributed by atoms with Crippen molar-refractivity contribution < 1.29 is 9.53 Å². The molecule has 1 saturated heterocycles. The SMILES string of the molecule is O=C(Nc1nncs1)N(Cc1ccccc1)CC1CCCO1. The van der Waals surface area contributed by atoms with E-state index in [1.165, 1.54) is 11.3 Å². The number of benzene rings is 1. The first-order chi connectivity index (χ1) is 10.8. The van der Waals surface area contributed by atoms with Gasteiger partial charge >= 0.3 is 6.03 Å². The van der Waals surface area contributed by atoms with Crippen LogP contribution >= 0.6 is 11.3 Å². The van der Waals surface area contributed by atoms with Crippen LogP contribution in [0.3, 0.4) is 0 Å². The highest BCUT2D eigenvalue weighted by Crippen LogP contribution is 2.17. The van der Waals surface area contributed by atoms with Crippen LogP contribution in [0.2, 0.25) is 0 Å². The molecule has 2 heterocycles. The smallest absolute Gasteiger partial charge is 0.324 e. The van der Waals surface area contributed by atoms with Crippen molar-refractivity contribution in [2.24, 2.45) is 0 Å². The number of anilines is 1. The first-order valence-electron chi connectivity index (χ1n) is 7.29. The van der Waals surface area contributed by atoms with Gasteiger partial charge in [0, 0.05) is 19.7 Å². The summed E-state index contributed by atoms with van der Waals surface area (Å²) >= 11 is 1.31. The Bertz CT molecular complexity index is 585. The van der Waals surface area contributed by atoms with Crippen molar-refractivity contribution in [2.75, 3.05) is 18.5 Å². The van der Waals surface area contributed by atoms with E-state index in [0.29, 0.717) is 18.2 Å². The maximum Gasteiger partial charge on any atom is 0.324 e. The number of amides is 2. The number of urea groups is 1. The number of rotatable bonds is 5. The molecule has 7 heteroatoms. The predicted molar refractivity (Wildman–Crippen MR) is 84.8 cm³/mol. The molecule has 2 aromatic rings. The van der Waals surface area contributed by atoms with Crippen LogP contribution in [0.5, 0.6) is 0 Å². The Labute approximate surface area is 133 Å². The van der Waals surface area contributed by atoms with Crippen LogP contribution in [-0.2, 0) is 11.3 Å². The summed E-state index contributed by atoms with van der Waals surface area (Å²) in [6, 6.07) is 9.78. The number of nitrogens with one attached hydrogen (secondary N) is 1. The Morgan fingerprint density at radius 1 is 1.41 bits per heavy atom. The van der Waals surface area contributed by atoms with Crippen LogP contribution in [0, 0.1) is 0 Å². The largest absolute Gasteiger partial charge is 0.376 e. The molecular formula is C15H18N4O2S. The van der Waals surface area contributed by atoms with E-state index in [2.05, 4.69) is 15.5 Å². The zero-order valence-electron chi connectivity index (χ0n) is 12.1. The summed E-state index contributed by atoms with van der Waals surface area (Å²) < 4.78 is 5.66. The van der Waals surface area contributed by atoms with Gasteiger partial charge in [-0.25, -0.2) is 4.79 Å². The zero-order chi connectivity index (χ0) is 15.2. The van der Waals surface area contributed by atoms with Crippen LogP contribution < -0.4 is 5.32 Å². The lowest BCUT2D eigenvalue weighted by Gasteiger charge is -2.25. The molecule has 1 aromatic carbocycles. The maximum absolute atomic E-state index is 12.5. The first kappa shape index (κ1) is 14.9. The van der Waals surface area contributed by atoms with Gasteiger partial charge < -0.3 is 9.64 Å². The van der Waals surface area contributed by atoms with E-state index in [-0.39, 0.29) is 12.1 Å². The average Bonchev–Trinajstić information content (AvgIpc) is 3.21. The summed E-state index contributed by atoms with van der Waals surface area (Å²) in [4.78, 5) is 14.3. The second-order valence-corrected chi connectivity index (χ2v) is 6.01. The topological polar surface area (TPSA) is 67.4 Å². The molecule has 3 rings (SSSR count). The third-order valence-electron chi connectivity index (χ3n) is 3.53. The van der Waals surface area contributed by atoms with E-state index in [1.54, 1.807) is 10.4 Å². The molecule has 0 saturated carbocycles. The second-order valence-electron chi connectivity index (χ2n) is 5.18. The fourth-order valence-corrected chi connectivity index (χ4v) is 2.89. The van der Waals surface area contributed by atoms with Gasteiger partial charge in [0.2, 0.25) is 5.13 Å². The van der Waals surface area contributed by atoms with Gasteiger partial charge in [0.25, 0.3) is 0 Å². The molecule has 2 amide bonds. The average molecular weight is 318 g/mol. The van der Waals surface area contributed by atoms with Gasteiger partial charge in [-0.2, -0.15) is 0 Å². The lowest BCUT2D eigenvalue weighted by molar-refractivity contribution is 0.0819. The van der Waals surface area contributed by atoms with Gasteiger partial charge in [0.1, 0.15) is 5.51 Å². The van der Waals surface area contributed by atoms with E-state index >= 15 is 0 Å². The van der Waals surface area contributed by atoms with E-state index in [0.717, 1.165) is 25.0 Å². The molecule has 1 atom stereocenters. The minimum Gasteiger partial charge on any atom is -0.376 e. The van der Waals surface area contributed by atoms with Gasteiger partial charge in [-0.15, -0.1) is 10.2 Å². The summed E-state index contributed by atoms with van der Waals surface area (Å²) in [6.07, 6.45) is 2.17. The number of carbonyl (C=O) groups is 1. The summed E-state index contributed by atoms with van der Waals surface area (Å²) in [5.74, 6) is 0. The summed E-state index contributed by atoms with van der Waals surface area (Å²) in [6.45, 7) is 1.91. The van der Waals surface area contributed by atoms with Crippen LogP contribution in [0.25, 0.3) is 0 Å². The van der Waals surface area contributed by atoms with Gasteiger partial charge in [0.05, 0.1) is 6.10 Å². The molecule has 6 nitrogen and oxygen atoms in total. The second kappa shape index (κ2) is 7.33. The fourth-order valence-electron chi connectivity index (χ4n) is 2.46. The summed E-state index contributed by atoms with van der Waals surface area (Å²) in [5.41, 5.74) is 2.69. The van der Waals surface area contributed by atoms with E-state index < -0.39 is 0 Å². The van der Waals surface area contributed by atoms with Gasteiger partial charge in [0.15, 0.2) is 0 Å². The third-order valence-corrected chi connectivity index (χ3v) is 4.13. The molecule has 0 radical (unpaired) electrons. The van der Waals surface area contributed by atoms with Crippen molar-refractivity contribution in [2.45, 2.75) is 25.5 Å². The van der Waals surface area contributed by atoms with Crippen molar-refractivity contribution in [1.29, 1.82) is 0 Å². The molecule has 1 N–H and O–H groups in total. The number of hydrogen-bond acceptors (Lipinski definition) is 5. The van der Waals surface area contributed by atoms with Crippen LogP contribution in [-0.4, -0.2) is 40.4 Å². The van der Waals surface area contributed by atoms with E-state index in [4.69, 9.17) is 4.74 Å². The minimum atomic E-state index is -0.170. The number of nitrogens with zero attached hydrogens (tertiary/aromatic N) is 3. The number of ether oxygens (including phenoxy) is 1. The molecule has 0 aliphatic carbocycles. The highest BCUT2D eigenvalue weighted by atomic mass is 32.1. The Balaban J connectivity index is 1.68. The van der Waals surface area contributed by atoms with Crippen molar-refractivity contribution in [3.8, 4) is 0 Å². The van der Waals surface area contributed by atoms with E-state index in [1.807, 2.05) is 30.3 Å². The van der Waals surface area contributed by atoms with E-state index in [9.17, 15) is 4.79 Å². The third kappa shape index (κ3) is 4.02. The lowest BCUT2D eigenvalue weighted by Crippen LogP contribution is -2.39. The molecule has 22 heavy (non-hydrogen) atoms. The Morgan fingerprint density at radius 2 is 2.27 bits per heavy atom. The highest BCUT2D eigenvalue weighted by Gasteiger charge is 2.23. The fraction of sp³-hybridized carbons (Fsp3) is 0.400. The van der Waals surface area contributed by atoms with Crippen molar-refractivity contribution in [3.05, 3.63) is 41.4 Å².